The molecule has 0 saturated carbocycles. The Balaban J connectivity index is 2.67. The molecule has 2 radical (unpaired) electrons. The van der Waals surface area contributed by atoms with E-state index in [1.54, 1.807) is 24.3 Å². The number of rotatable bonds is 0. The summed E-state index contributed by atoms with van der Waals surface area (Å²) >= 11 is 0. The Morgan fingerprint density at radius 3 is 1.56 bits per heavy atom. The Hall–Kier alpha value is -1.96. The van der Waals surface area contributed by atoms with E-state index in [1.165, 1.54) is 12.1 Å². The lowest BCUT2D eigenvalue weighted by molar-refractivity contribution is 0.632. The minimum atomic E-state index is -0.451. The van der Waals surface area contributed by atoms with Crippen molar-refractivity contribution in [3.63, 3.8) is 0 Å². The summed E-state index contributed by atoms with van der Waals surface area (Å²) in [6, 6.07) is 14.6. The van der Waals surface area contributed by atoms with Crippen LogP contribution in [-0.4, -0.2) is 0 Å². The van der Waals surface area contributed by atoms with Crippen molar-refractivity contribution in [3.8, 4) is 0 Å². The second-order valence-electron chi connectivity index (χ2n) is 3.60. The number of halogens is 2. The van der Waals surface area contributed by atoms with E-state index in [4.69, 9.17) is 0 Å². The van der Waals surface area contributed by atoms with Crippen molar-refractivity contribution in [2.24, 2.45) is 0 Å². The van der Waals surface area contributed by atoms with Crippen LogP contribution >= 0.6 is 0 Å². The zero-order valence-electron chi connectivity index (χ0n) is 8.22. The molecule has 0 atom stereocenters. The molecular formula is C14H6F2. The van der Waals surface area contributed by atoms with Crippen molar-refractivity contribution in [2.45, 2.75) is 0 Å². The van der Waals surface area contributed by atoms with Gasteiger partial charge in [0.1, 0.15) is 11.6 Å². The van der Waals surface area contributed by atoms with E-state index >= 15 is 0 Å². The van der Waals surface area contributed by atoms with Gasteiger partial charge in [-0.3, -0.25) is 0 Å². The average molecular weight is 212 g/mol. The van der Waals surface area contributed by atoms with Gasteiger partial charge in [-0.2, -0.15) is 0 Å². The monoisotopic (exact) mass is 212 g/mol. The van der Waals surface area contributed by atoms with Gasteiger partial charge in [-0.25, -0.2) is 8.78 Å². The lowest BCUT2D eigenvalue weighted by Crippen LogP contribution is -1.86. The van der Waals surface area contributed by atoms with Gasteiger partial charge >= 0.3 is 0 Å². The first-order valence-electron chi connectivity index (χ1n) is 4.85. The fraction of sp³-hybridized carbons (Fsp3) is 0. The van der Waals surface area contributed by atoms with Crippen LogP contribution in [0.5, 0.6) is 0 Å². The van der Waals surface area contributed by atoms with Crippen LogP contribution in [0.1, 0.15) is 0 Å². The Kier molecular flexibility index (Phi) is 1.90. The van der Waals surface area contributed by atoms with Crippen LogP contribution < -0.4 is 0 Å². The predicted octanol–water partition coefficient (Wildman–Crippen LogP) is 3.87. The average Bonchev–Trinajstić information content (AvgIpc) is 2.29. The van der Waals surface area contributed by atoms with E-state index in [0.29, 0.717) is 21.5 Å². The lowest BCUT2D eigenvalue weighted by Gasteiger charge is -2.05. The van der Waals surface area contributed by atoms with Gasteiger partial charge < -0.3 is 0 Å². The van der Waals surface area contributed by atoms with Crippen molar-refractivity contribution in [1.29, 1.82) is 0 Å². The molecule has 0 aliphatic rings. The molecule has 76 valence electrons. The molecule has 0 aliphatic carbocycles. The minimum absolute atomic E-state index is 0.308. The van der Waals surface area contributed by atoms with E-state index < -0.39 is 11.6 Å². The van der Waals surface area contributed by atoms with Gasteiger partial charge in [0.15, 0.2) is 0 Å². The molecule has 0 fully saturated rings. The molecule has 0 amide bonds. The van der Waals surface area contributed by atoms with Gasteiger partial charge in [0.25, 0.3) is 0 Å². The third-order valence-corrected chi connectivity index (χ3v) is 2.65. The quantitative estimate of drug-likeness (QED) is 0.496. The van der Waals surface area contributed by atoms with Crippen molar-refractivity contribution in [3.05, 3.63) is 60.2 Å². The minimum Gasteiger partial charge on any atom is -0.206 e. The Labute approximate surface area is 91.1 Å². The summed E-state index contributed by atoms with van der Waals surface area (Å²) in [5.74, 6) is -0.901. The molecule has 16 heavy (non-hydrogen) atoms. The van der Waals surface area contributed by atoms with Crippen molar-refractivity contribution >= 4 is 21.5 Å². The van der Waals surface area contributed by atoms with Crippen LogP contribution in [0, 0.1) is 23.8 Å². The van der Waals surface area contributed by atoms with Crippen molar-refractivity contribution in [2.75, 3.05) is 0 Å². The number of fused-ring (bicyclic) bond motifs is 3. The molecule has 0 bridgehead atoms. The summed E-state index contributed by atoms with van der Waals surface area (Å²) in [5.41, 5.74) is 0. The van der Waals surface area contributed by atoms with E-state index in [-0.39, 0.29) is 0 Å². The second-order valence-corrected chi connectivity index (χ2v) is 3.60. The first-order valence-corrected chi connectivity index (χ1v) is 4.85. The van der Waals surface area contributed by atoms with Crippen LogP contribution in [0.3, 0.4) is 0 Å². The van der Waals surface area contributed by atoms with Crippen LogP contribution in [0.25, 0.3) is 21.5 Å². The SMILES string of the molecule is Fc1c[c]cc2ccc3c[c]cc(F)c3c12. The molecular weight excluding hydrogens is 206 g/mol. The van der Waals surface area contributed by atoms with Crippen molar-refractivity contribution < 1.29 is 8.78 Å². The van der Waals surface area contributed by atoms with Gasteiger partial charge in [-0.15, -0.1) is 0 Å². The van der Waals surface area contributed by atoms with Gasteiger partial charge in [-0.05, 0) is 47.2 Å². The highest BCUT2D eigenvalue weighted by molar-refractivity contribution is 6.07. The Morgan fingerprint density at radius 1 is 0.688 bits per heavy atom. The van der Waals surface area contributed by atoms with Crippen LogP contribution in [0.4, 0.5) is 8.78 Å². The molecule has 3 rings (SSSR count). The summed E-state index contributed by atoms with van der Waals surface area (Å²) in [6.07, 6.45) is 0. The molecule has 0 saturated heterocycles. The molecule has 0 nitrogen and oxygen atoms in total. The van der Waals surface area contributed by atoms with E-state index in [1.807, 2.05) is 0 Å². The Morgan fingerprint density at radius 2 is 1.12 bits per heavy atom. The number of hydrogen-bond acceptors (Lipinski definition) is 0. The fourth-order valence-electron chi connectivity index (χ4n) is 1.94. The van der Waals surface area contributed by atoms with Crippen molar-refractivity contribution in [1.82, 2.24) is 0 Å². The highest BCUT2D eigenvalue weighted by Gasteiger charge is 2.08. The number of hydrogen-bond donors (Lipinski definition) is 0. The third-order valence-electron chi connectivity index (χ3n) is 2.65. The molecule has 0 N–H and O–H groups in total. The lowest BCUT2D eigenvalue weighted by atomic mass is 10.0. The van der Waals surface area contributed by atoms with E-state index in [0.717, 1.165) is 0 Å². The largest absolute Gasteiger partial charge is 0.206 e. The predicted molar refractivity (Wildman–Crippen MR) is 59.0 cm³/mol. The molecule has 0 spiro atoms. The third kappa shape index (κ3) is 1.20. The first kappa shape index (κ1) is 9.28. The van der Waals surface area contributed by atoms with Crippen LogP contribution in [0.15, 0.2) is 36.4 Å². The highest BCUT2D eigenvalue weighted by atomic mass is 19.1. The normalized spacial score (nSPS) is 11.1. The molecule has 3 aromatic rings. The smallest absolute Gasteiger partial charge is 0.132 e. The maximum Gasteiger partial charge on any atom is 0.132 e. The van der Waals surface area contributed by atoms with Crippen LogP contribution in [-0.2, 0) is 0 Å². The summed E-state index contributed by atoms with van der Waals surface area (Å²) < 4.78 is 27.4. The maximum atomic E-state index is 13.7. The zero-order chi connectivity index (χ0) is 11.1. The van der Waals surface area contributed by atoms with Gasteiger partial charge in [0.05, 0.1) is 0 Å². The van der Waals surface area contributed by atoms with E-state index in [9.17, 15) is 8.78 Å². The summed E-state index contributed by atoms with van der Waals surface area (Å²) in [7, 11) is 0. The Bertz CT molecular complexity index is 626. The molecule has 0 heterocycles. The van der Waals surface area contributed by atoms with Crippen LogP contribution in [0.2, 0.25) is 0 Å². The maximum absolute atomic E-state index is 13.7. The van der Waals surface area contributed by atoms with Gasteiger partial charge in [0.2, 0.25) is 0 Å². The first-order chi connectivity index (χ1) is 7.77. The summed E-state index contributed by atoms with van der Waals surface area (Å²) in [6.45, 7) is 0. The van der Waals surface area contributed by atoms with Gasteiger partial charge in [-0.1, -0.05) is 12.1 Å². The molecule has 2 heteroatoms. The standard InChI is InChI=1S/C14H6F2/c15-11-5-1-3-9-7-8-10-4-2-6-12(16)14(10)13(9)11/h3-8H. The fourth-order valence-corrected chi connectivity index (χ4v) is 1.94. The molecule has 3 aromatic carbocycles. The molecule has 0 aromatic heterocycles. The summed E-state index contributed by atoms with van der Waals surface area (Å²) in [5, 5.41) is 1.92. The van der Waals surface area contributed by atoms with Gasteiger partial charge in [0, 0.05) is 10.8 Å². The van der Waals surface area contributed by atoms with E-state index in [2.05, 4.69) is 12.1 Å². The molecule has 0 unspecified atom stereocenters. The second kappa shape index (κ2) is 3.27. The zero-order valence-corrected chi connectivity index (χ0v) is 8.22. The number of benzene rings is 3. The summed E-state index contributed by atoms with van der Waals surface area (Å²) in [4.78, 5) is 0. The highest BCUT2D eigenvalue weighted by Crippen LogP contribution is 2.29. The molecule has 0 aliphatic heterocycles. The topological polar surface area (TPSA) is 0 Å².